The van der Waals surface area contributed by atoms with Crippen LogP contribution in [0, 0.1) is 5.92 Å². The lowest BCUT2D eigenvalue weighted by Crippen LogP contribution is -2.49. The quantitative estimate of drug-likeness (QED) is 0.291. The van der Waals surface area contributed by atoms with Gasteiger partial charge in [0.05, 0.1) is 19.3 Å². The van der Waals surface area contributed by atoms with Gasteiger partial charge in [0.25, 0.3) is 0 Å². The summed E-state index contributed by atoms with van der Waals surface area (Å²) in [6, 6.07) is 0. The molecule has 1 atom stereocenters. The average Bonchev–Trinajstić information content (AvgIpc) is 3.01. The number of morpholine rings is 1. The van der Waals surface area contributed by atoms with Crippen LogP contribution < -0.4 is 10.6 Å². The molecule has 9 heteroatoms. The van der Waals surface area contributed by atoms with Crippen LogP contribution in [0.4, 0.5) is 0 Å². The maximum absolute atomic E-state index is 11.6. The topological polar surface area (TPSA) is 83.8 Å². The Morgan fingerprint density at radius 1 is 1.44 bits per heavy atom. The smallest absolute Gasteiger partial charge is 0.222 e. The molecule has 142 valence electrons. The third-order valence-corrected chi connectivity index (χ3v) is 3.91. The van der Waals surface area contributed by atoms with Gasteiger partial charge in [0.1, 0.15) is 6.10 Å². The predicted octanol–water partition coefficient (Wildman–Crippen LogP) is 0.759. The molecule has 0 radical (unpaired) electrons. The standard InChI is InChI=1S/C16H28N6O2.HI/c1-12(2)15(23)18-5-6-19-16(17-3)22-7-8-24-14(11-22)13-9-20-21(4)10-13;/h9-10,12,14H,5-8,11H2,1-4H3,(H,17,19)(H,18,23);1H. The molecule has 1 aliphatic heterocycles. The fourth-order valence-electron chi connectivity index (χ4n) is 2.55. The monoisotopic (exact) mass is 464 g/mol. The van der Waals surface area contributed by atoms with Gasteiger partial charge in [0.2, 0.25) is 5.91 Å². The molecular formula is C16H29IN6O2. The van der Waals surface area contributed by atoms with E-state index in [0.29, 0.717) is 19.7 Å². The zero-order valence-electron chi connectivity index (χ0n) is 15.4. The second-order valence-electron chi connectivity index (χ2n) is 6.17. The third kappa shape index (κ3) is 6.46. The summed E-state index contributed by atoms with van der Waals surface area (Å²) < 4.78 is 7.63. The highest BCUT2D eigenvalue weighted by Crippen LogP contribution is 2.21. The summed E-state index contributed by atoms with van der Waals surface area (Å²) >= 11 is 0. The van der Waals surface area contributed by atoms with E-state index < -0.39 is 0 Å². The maximum atomic E-state index is 11.6. The summed E-state index contributed by atoms with van der Waals surface area (Å²) in [6.07, 6.45) is 3.81. The first kappa shape index (κ1) is 21.7. The van der Waals surface area contributed by atoms with E-state index in [2.05, 4.69) is 25.6 Å². The molecule has 2 rings (SSSR count). The number of carbonyl (C=O) groups is 1. The van der Waals surface area contributed by atoms with Crippen molar-refractivity contribution in [2.24, 2.45) is 18.0 Å². The van der Waals surface area contributed by atoms with Gasteiger partial charge in [-0.1, -0.05) is 13.8 Å². The molecule has 2 N–H and O–H groups in total. The number of hydrogen-bond donors (Lipinski definition) is 2. The molecule has 1 aromatic rings. The molecule has 1 saturated heterocycles. The van der Waals surface area contributed by atoms with E-state index in [4.69, 9.17) is 4.74 Å². The first-order valence-electron chi connectivity index (χ1n) is 8.34. The fraction of sp³-hybridized carbons (Fsp3) is 0.688. The molecule has 1 aromatic heterocycles. The highest BCUT2D eigenvalue weighted by atomic mass is 127. The van der Waals surface area contributed by atoms with Crippen molar-refractivity contribution in [3.8, 4) is 0 Å². The molecular weight excluding hydrogens is 435 g/mol. The van der Waals surface area contributed by atoms with E-state index in [9.17, 15) is 4.79 Å². The van der Waals surface area contributed by atoms with E-state index in [-0.39, 0.29) is 41.9 Å². The van der Waals surface area contributed by atoms with Gasteiger partial charge in [-0.15, -0.1) is 24.0 Å². The van der Waals surface area contributed by atoms with Gasteiger partial charge < -0.3 is 20.3 Å². The van der Waals surface area contributed by atoms with Crippen molar-refractivity contribution in [1.29, 1.82) is 0 Å². The zero-order valence-corrected chi connectivity index (χ0v) is 17.7. The van der Waals surface area contributed by atoms with Crippen molar-refractivity contribution >= 4 is 35.8 Å². The Morgan fingerprint density at radius 2 is 2.16 bits per heavy atom. The largest absolute Gasteiger partial charge is 0.370 e. The van der Waals surface area contributed by atoms with E-state index in [0.717, 1.165) is 24.6 Å². The summed E-state index contributed by atoms with van der Waals surface area (Å²) in [5.74, 6) is 0.893. The molecule has 1 aliphatic rings. The SMILES string of the molecule is CN=C(NCCNC(=O)C(C)C)N1CCOC(c2cnn(C)c2)C1.I. The minimum absolute atomic E-state index is 0. The average molecular weight is 464 g/mol. The lowest BCUT2D eigenvalue weighted by molar-refractivity contribution is -0.123. The lowest BCUT2D eigenvalue weighted by atomic mass is 10.1. The highest BCUT2D eigenvalue weighted by Gasteiger charge is 2.25. The zero-order chi connectivity index (χ0) is 17.5. The van der Waals surface area contributed by atoms with Gasteiger partial charge in [-0.3, -0.25) is 14.5 Å². The number of aromatic nitrogens is 2. The summed E-state index contributed by atoms with van der Waals surface area (Å²) in [6.45, 7) is 7.14. The summed E-state index contributed by atoms with van der Waals surface area (Å²) in [4.78, 5) is 18.1. The molecule has 0 saturated carbocycles. The number of aryl methyl sites for hydroxylation is 1. The Morgan fingerprint density at radius 3 is 2.76 bits per heavy atom. The molecule has 1 amide bonds. The van der Waals surface area contributed by atoms with Gasteiger partial charge in [0, 0.05) is 51.4 Å². The number of nitrogens with one attached hydrogen (secondary N) is 2. The van der Waals surface area contributed by atoms with Crippen molar-refractivity contribution in [3.05, 3.63) is 18.0 Å². The van der Waals surface area contributed by atoms with Crippen molar-refractivity contribution in [2.45, 2.75) is 20.0 Å². The van der Waals surface area contributed by atoms with Crippen LogP contribution in [-0.2, 0) is 16.6 Å². The Hall–Kier alpha value is -1.36. The minimum Gasteiger partial charge on any atom is -0.370 e. The van der Waals surface area contributed by atoms with Crippen LogP contribution in [0.3, 0.4) is 0 Å². The number of rotatable bonds is 5. The predicted molar refractivity (Wildman–Crippen MR) is 108 cm³/mol. The molecule has 8 nitrogen and oxygen atoms in total. The number of halogens is 1. The van der Waals surface area contributed by atoms with Crippen LogP contribution in [-0.4, -0.2) is 66.4 Å². The number of nitrogens with zero attached hydrogens (tertiary/aromatic N) is 4. The molecule has 2 heterocycles. The van der Waals surface area contributed by atoms with Crippen LogP contribution >= 0.6 is 24.0 Å². The molecule has 0 aromatic carbocycles. The first-order valence-corrected chi connectivity index (χ1v) is 8.34. The molecule has 0 bridgehead atoms. The second kappa shape index (κ2) is 10.6. The minimum atomic E-state index is -0.00774. The molecule has 0 aliphatic carbocycles. The van der Waals surface area contributed by atoms with Crippen molar-refractivity contribution in [1.82, 2.24) is 25.3 Å². The Kier molecular flexibility index (Phi) is 9.19. The van der Waals surface area contributed by atoms with Crippen LogP contribution in [0.25, 0.3) is 0 Å². The number of guanidine groups is 1. The Balaban J connectivity index is 0.00000312. The Labute approximate surface area is 166 Å². The number of amides is 1. The van der Waals surface area contributed by atoms with Gasteiger partial charge >= 0.3 is 0 Å². The molecule has 0 spiro atoms. The van der Waals surface area contributed by atoms with Crippen LogP contribution in [0.15, 0.2) is 17.4 Å². The third-order valence-electron chi connectivity index (χ3n) is 3.91. The number of aliphatic imine (C=N–C) groups is 1. The van der Waals surface area contributed by atoms with Gasteiger partial charge in [-0.25, -0.2) is 0 Å². The summed E-state index contributed by atoms with van der Waals surface area (Å²) in [5, 5.41) is 10.4. The first-order chi connectivity index (χ1) is 11.5. The van der Waals surface area contributed by atoms with E-state index >= 15 is 0 Å². The van der Waals surface area contributed by atoms with Gasteiger partial charge in [-0.2, -0.15) is 5.10 Å². The van der Waals surface area contributed by atoms with Crippen molar-refractivity contribution in [3.63, 3.8) is 0 Å². The maximum Gasteiger partial charge on any atom is 0.222 e. The number of carbonyl (C=O) groups excluding carboxylic acids is 1. The number of ether oxygens (including phenoxy) is 1. The second-order valence-corrected chi connectivity index (χ2v) is 6.17. The molecule has 1 unspecified atom stereocenters. The normalized spacial score (nSPS) is 18.0. The Bertz CT molecular complexity index is 575. The van der Waals surface area contributed by atoms with Crippen molar-refractivity contribution < 1.29 is 9.53 Å². The van der Waals surface area contributed by atoms with Gasteiger partial charge in [-0.05, 0) is 0 Å². The molecule has 1 fully saturated rings. The number of hydrogen-bond acceptors (Lipinski definition) is 4. The fourth-order valence-corrected chi connectivity index (χ4v) is 2.55. The molecule has 25 heavy (non-hydrogen) atoms. The van der Waals surface area contributed by atoms with Gasteiger partial charge in [0.15, 0.2) is 5.96 Å². The summed E-state index contributed by atoms with van der Waals surface area (Å²) in [5.41, 5.74) is 1.07. The van der Waals surface area contributed by atoms with Crippen LogP contribution in [0.1, 0.15) is 25.5 Å². The van der Waals surface area contributed by atoms with Crippen LogP contribution in [0.5, 0.6) is 0 Å². The van der Waals surface area contributed by atoms with E-state index in [1.807, 2.05) is 33.3 Å². The van der Waals surface area contributed by atoms with E-state index in [1.54, 1.807) is 11.7 Å². The van der Waals surface area contributed by atoms with Crippen LogP contribution in [0.2, 0.25) is 0 Å². The highest BCUT2D eigenvalue weighted by molar-refractivity contribution is 14.0. The van der Waals surface area contributed by atoms with E-state index in [1.165, 1.54) is 0 Å². The summed E-state index contributed by atoms with van der Waals surface area (Å²) in [7, 11) is 3.67. The van der Waals surface area contributed by atoms with Crippen molar-refractivity contribution in [2.75, 3.05) is 39.8 Å². The lowest BCUT2D eigenvalue weighted by Gasteiger charge is -2.34.